The van der Waals surface area contributed by atoms with Crippen LogP contribution in [0, 0.1) is 5.82 Å². The Hall–Kier alpha value is -2.96. The number of ether oxygens (including phenoxy) is 1. The third kappa shape index (κ3) is 3.82. The summed E-state index contributed by atoms with van der Waals surface area (Å²) in [6.07, 6.45) is 1.58. The van der Waals surface area contributed by atoms with Crippen molar-refractivity contribution in [2.24, 2.45) is 0 Å². The van der Waals surface area contributed by atoms with Gasteiger partial charge in [-0.25, -0.2) is 9.37 Å². The van der Waals surface area contributed by atoms with Crippen LogP contribution in [0.15, 0.2) is 42.6 Å². The molecule has 0 unspecified atom stereocenters. The molecule has 1 aliphatic rings. The van der Waals surface area contributed by atoms with Gasteiger partial charge in [-0.2, -0.15) is 0 Å². The molecule has 2 heterocycles. The van der Waals surface area contributed by atoms with Crippen LogP contribution < -0.4 is 4.74 Å². The number of carbonyl (C=O) groups excluding carboxylic acids is 2. The summed E-state index contributed by atoms with van der Waals surface area (Å²) in [6, 6.07) is 8.87. The molecule has 136 valence electrons. The van der Waals surface area contributed by atoms with E-state index in [0.29, 0.717) is 49.8 Å². The number of hydrogen-bond donors (Lipinski definition) is 0. The second-order valence-electron chi connectivity index (χ2n) is 5.88. The summed E-state index contributed by atoms with van der Waals surface area (Å²) in [5.74, 6) is -0.368. The highest BCUT2D eigenvalue weighted by molar-refractivity contribution is 5.97. The highest BCUT2D eigenvalue weighted by Crippen LogP contribution is 2.18. The minimum absolute atomic E-state index is 0.157. The van der Waals surface area contributed by atoms with Crippen LogP contribution >= 0.6 is 0 Å². The molecule has 0 radical (unpaired) electrons. The molecule has 1 saturated heterocycles. The summed E-state index contributed by atoms with van der Waals surface area (Å²) < 4.78 is 18.4. The van der Waals surface area contributed by atoms with Crippen LogP contribution in [0.2, 0.25) is 0 Å². The lowest BCUT2D eigenvalue weighted by molar-refractivity contribution is 0.0532. The van der Waals surface area contributed by atoms with Gasteiger partial charge < -0.3 is 14.5 Å². The van der Waals surface area contributed by atoms with Crippen LogP contribution in [0.1, 0.15) is 27.6 Å². The highest BCUT2D eigenvalue weighted by atomic mass is 19.1. The van der Waals surface area contributed by atoms with Gasteiger partial charge in [-0.15, -0.1) is 0 Å². The second-order valence-corrected chi connectivity index (χ2v) is 5.88. The van der Waals surface area contributed by atoms with E-state index in [0.717, 1.165) is 0 Å². The molecule has 0 atom stereocenters. The lowest BCUT2D eigenvalue weighted by atomic mass is 10.1. The molecular formula is C19H20FN3O3. The van der Waals surface area contributed by atoms with Crippen molar-refractivity contribution in [2.75, 3.05) is 32.8 Å². The largest absolute Gasteiger partial charge is 0.477 e. The summed E-state index contributed by atoms with van der Waals surface area (Å²) >= 11 is 0. The number of pyridine rings is 1. The number of rotatable bonds is 4. The monoisotopic (exact) mass is 357 g/mol. The van der Waals surface area contributed by atoms with Crippen molar-refractivity contribution >= 4 is 11.8 Å². The molecule has 0 N–H and O–H groups in total. The minimum Gasteiger partial charge on any atom is -0.477 e. The van der Waals surface area contributed by atoms with Gasteiger partial charge in [0.05, 0.1) is 6.61 Å². The van der Waals surface area contributed by atoms with E-state index in [1.165, 1.54) is 24.3 Å². The third-order valence-corrected chi connectivity index (χ3v) is 4.23. The Balaban J connectivity index is 1.64. The van der Waals surface area contributed by atoms with Crippen LogP contribution in [0.5, 0.6) is 5.88 Å². The molecular weight excluding hydrogens is 337 g/mol. The molecule has 2 aromatic rings. The average Bonchev–Trinajstić information content (AvgIpc) is 2.68. The van der Waals surface area contributed by atoms with Gasteiger partial charge in [-0.1, -0.05) is 0 Å². The number of benzene rings is 1. The SMILES string of the molecule is CCOc1ncccc1C(=O)N1CCN(C(=O)c2ccc(F)cc2)CC1. The molecule has 3 rings (SSSR count). The van der Waals surface area contributed by atoms with Crippen LogP contribution in [0.4, 0.5) is 4.39 Å². The number of halogens is 1. The van der Waals surface area contributed by atoms with Crippen LogP contribution in [0.25, 0.3) is 0 Å². The summed E-state index contributed by atoms with van der Waals surface area (Å²) in [5, 5.41) is 0. The van der Waals surface area contributed by atoms with E-state index in [2.05, 4.69) is 4.98 Å². The molecule has 0 saturated carbocycles. The van der Waals surface area contributed by atoms with E-state index in [9.17, 15) is 14.0 Å². The topological polar surface area (TPSA) is 62.7 Å². The molecule has 7 heteroatoms. The first kappa shape index (κ1) is 17.8. The summed E-state index contributed by atoms with van der Waals surface area (Å²) in [7, 11) is 0. The molecule has 1 aromatic carbocycles. The molecule has 6 nitrogen and oxygen atoms in total. The average molecular weight is 357 g/mol. The first-order chi connectivity index (χ1) is 12.6. The number of hydrogen-bond acceptors (Lipinski definition) is 4. The highest BCUT2D eigenvalue weighted by Gasteiger charge is 2.27. The zero-order valence-corrected chi connectivity index (χ0v) is 14.5. The standard InChI is InChI=1S/C19H20FN3O3/c1-2-26-17-16(4-3-9-21-17)19(25)23-12-10-22(11-13-23)18(24)14-5-7-15(20)8-6-14/h3-9H,2,10-13H2,1H3. The smallest absolute Gasteiger partial charge is 0.259 e. The lowest BCUT2D eigenvalue weighted by Gasteiger charge is -2.35. The van der Waals surface area contributed by atoms with Gasteiger partial charge >= 0.3 is 0 Å². The Kier molecular flexibility index (Phi) is 5.46. The Bertz CT molecular complexity index is 787. The Morgan fingerprint density at radius 1 is 1.04 bits per heavy atom. The quantitative estimate of drug-likeness (QED) is 0.842. The van der Waals surface area contributed by atoms with Crippen LogP contribution in [-0.4, -0.2) is 59.4 Å². The number of carbonyl (C=O) groups is 2. The Morgan fingerprint density at radius 3 is 2.27 bits per heavy atom. The predicted molar refractivity (Wildman–Crippen MR) is 93.6 cm³/mol. The number of piperazine rings is 1. The Labute approximate surface area is 151 Å². The Morgan fingerprint density at radius 2 is 1.65 bits per heavy atom. The van der Waals surface area contributed by atoms with Crippen molar-refractivity contribution in [1.29, 1.82) is 0 Å². The van der Waals surface area contributed by atoms with E-state index in [-0.39, 0.29) is 17.6 Å². The van der Waals surface area contributed by atoms with Crippen molar-refractivity contribution < 1.29 is 18.7 Å². The number of nitrogens with zero attached hydrogens (tertiary/aromatic N) is 3. The van der Waals surface area contributed by atoms with E-state index in [1.54, 1.807) is 28.1 Å². The van der Waals surface area contributed by atoms with Gasteiger partial charge in [0.2, 0.25) is 5.88 Å². The van der Waals surface area contributed by atoms with E-state index in [4.69, 9.17) is 4.74 Å². The maximum absolute atomic E-state index is 13.0. The second kappa shape index (κ2) is 7.95. The molecule has 1 fully saturated rings. The zero-order chi connectivity index (χ0) is 18.5. The van der Waals surface area contributed by atoms with Crippen molar-refractivity contribution in [1.82, 2.24) is 14.8 Å². The molecule has 2 amide bonds. The van der Waals surface area contributed by atoms with Crippen LogP contribution in [-0.2, 0) is 0 Å². The van der Waals surface area contributed by atoms with Gasteiger partial charge in [0.25, 0.3) is 11.8 Å². The molecule has 0 aliphatic carbocycles. The van der Waals surface area contributed by atoms with E-state index < -0.39 is 0 Å². The first-order valence-corrected chi connectivity index (χ1v) is 8.52. The predicted octanol–water partition coefficient (Wildman–Crippen LogP) is 2.22. The third-order valence-electron chi connectivity index (χ3n) is 4.23. The van der Waals surface area contributed by atoms with Crippen molar-refractivity contribution in [3.8, 4) is 5.88 Å². The molecule has 1 aliphatic heterocycles. The molecule has 26 heavy (non-hydrogen) atoms. The molecule has 1 aromatic heterocycles. The summed E-state index contributed by atoms with van der Waals surface area (Å²) in [6.45, 7) is 3.96. The zero-order valence-electron chi connectivity index (χ0n) is 14.5. The van der Waals surface area contributed by atoms with Gasteiger partial charge in [-0.3, -0.25) is 9.59 Å². The van der Waals surface area contributed by atoms with Gasteiger partial charge in [0.1, 0.15) is 11.4 Å². The van der Waals surface area contributed by atoms with Gasteiger partial charge in [-0.05, 0) is 43.3 Å². The molecule has 0 spiro atoms. The van der Waals surface area contributed by atoms with Gasteiger partial charge in [0, 0.05) is 37.9 Å². The molecule has 0 bridgehead atoms. The maximum atomic E-state index is 13.0. The van der Waals surface area contributed by atoms with Crippen molar-refractivity contribution in [3.63, 3.8) is 0 Å². The summed E-state index contributed by atoms with van der Waals surface area (Å²) in [5.41, 5.74) is 0.865. The first-order valence-electron chi connectivity index (χ1n) is 8.52. The van der Waals surface area contributed by atoms with Crippen molar-refractivity contribution in [2.45, 2.75) is 6.92 Å². The van der Waals surface area contributed by atoms with Crippen molar-refractivity contribution in [3.05, 3.63) is 59.5 Å². The fraction of sp³-hybridized carbons (Fsp3) is 0.316. The number of aromatic nitrogens is 1. The lowest BCUT2D eigenvalue weighted by Crippen LogP contribution is -2.50. The van der Waals surface area contributed by atoms with Crippen LogP contribution in [0.3, 0.4) is 0 Å². The van der Waals surface area contributed by atoms with Gasteiger partial charge in [0.15, 0.2) is 0 Å². The fourth-order valence-electron chi connectivity index (χ4n) is 2.86. The number of amides is 2. The van der Waals surface area contributed by atoms with E-state index >= 15 is 0 Å². The van der Waals surface area contributed by atoms with E-state index in [1.807, 2.05) is 6.92 Å². The maximum Gasteiger partial charge on any atom is 0.259 e. The minimum atomic E-state index is -0.376. The fourth-order valence-corrected chi connectivity index (χ4v) is 2.86. The normalized spacial score (nSPS) is 14.2. The summed E-state index contributed by atoms with van der Waals surface area (Å²) in [4.78, 5) is 32.7.